The average Bonchev–Trinajstić information content (AvgIpc) is 3.06. The van der Waals surface area contributed by atoms with E-state index >= 15 is 0 Å². The van der Waals surface area contributed by atoms with Gasteiger partial charge in [-0.25, -0.2) is 9.97 Å². The molecule has 1 aliphatic rings. The van der Waals surface area contributed by atoms with Crippen LogP contribution in [-0.2, 0) is 6.42 Å². The lowest BCUT2D eigenvalue weighted by Gasteiger charge is -2.34. The van der Waals surface area contributed by atoms with Gasteiger partial charge in [0.05, 0.1) is 12.2 Å². The number of rotatable bonds is 1. The monoisotopic (exact) mass is 285 g/mol. The summed E-state index contributed by atoms with van der Waals surface area (Å²) in [5.41, 5.74) is 8.19. The minimum absolute atomic E-state index is 0.305. The number of hydrogen-bond donors (Lipinski definition) is 1. The van der Waals surface area contributed by atoms with Crippen molar-refractivity contribution < 1.29 is 0 Å². The zero-order valence-electron chi connectivity index (χ0n) is 11.2. The maximum atomic E-state index is 5.93. The Morgan fingerprint density at radius 1 is 1.45 bits per heavy atom. The zero-order chi connectivity index (χ0) is 13.7. The van der Waals surface area contributed by atoms with Crippen LogP contribution < -0.4 is 10.6 Å². The lowest BCUT2D eigenvalue weighted by Crippen LogP contribution is -2.34. The molecule has 1 unspecified atom stereocenters. The average molecular weight is 285 g/mol. The first kappa shape index (κ1) is 11.7. The fourth-order valence-electron chi connectivity index (χ4n) is 2.93. The Morgan fingerprint density at radius 3 is 3.25 bits per heavy atom. The minimum Gasteiger partial charge on any atom is -0.382 e. The molecule has 5 nitrogen and oxygen atoms in total. The molecule has 0 fully saturated rings. The Kier molecular flexibility index (Phi) is 2.47. The normalized spacial score (nSPS) is 18.4. The van der Waals surface area contributed by atoms with Crippen LogP contribution in [0, 0.1) is 0 Å². The van der Waals surface area contributed by atoms with Gasteiger partial charge < -0.3 is 15.0 Å². The van der Waals surface area contributed by atoms with E-state index in [4.69, 9.17) is 5.73 Å². The van der Waals surface area contributed by atoms with E-state index in [-0.39, 0.29) is 0 Å². The minimum atomic E-state index is 0.305. The first-order valence-electron chi connectivity index (χ1n) is 6.66. The van der Waals surface area contributed by atoms with Crippen LogP contribution >= 0.6 is 11.3 Å². The van der Waals surface area contributed by atoms with Gasteiger partial charge in [-0.2, -0.15) is 0 Å². The van der Waals surface area contributed by atoms with Crippen LogP contribution in [0.4, 0.5) is 11.6 Å². The molecule has 0 radical (unpaired) electrons. The van der Waals surface area contributed by atoms with Gasteiger partial charge in [0.15, 0.2) is 11.5 Å². The van der Waals surface area contributed by atoms with Gasteiger partial charge >= 0.3 is 0 Å². The van der Waals surface area contributed by atoms with Gasteiger partial charge in [0.25, 0.3) is 0 Å². The van der Waals surface area contributed by atoms with E-state index in [0.717, 1.165) is 24.4 Å². The summed E-state index contributed by atoms with van der Waals surface area (Å²) in [6, 6.07) is 2.52. The van der Waals surface area contributed by atoms with Crippen molar-refractivity contribution in [2.45, 2.75) is 19.4 Å². The number of nitrogens with zero attached hydrogens (tertiary/aromatic N) is 4. The Bertz CT molecular complexity index is 775. The topological polar surface area (TPSA) is 59.5 Å². The molecule has 0 saturated carbocycles. The first-order chi connectivity index (χ1) is 9.74. The van der Waals surface area contributed by atoms with Crippen molar-refractivity contribution in [3.63, 3.8) is 0 Å². The highest BCUT2D eigenvalue weighted by molar-refractivity contribution is 7.10. The van der Waals surface area contributed by atoms with Crippen molar-refractivity contribution in [1.82, 2.24) is 14.4 Å². The van der Waals surface area contributed by atoms with Crippen LogP contribution in [0.1, 0.15) is 23.4 Å². The number of fused-ring (bicyclic) bond motifs is 2. The number of hydrogen-bond acceptors (Lipinski definition) is 5. The largest absolute Gasteiger partial charge is 0.382 e. The fraction of sp³-hybridized carbons (Fsp3) is 0.286. The maximum Gasteiger partial charge on any atom is 0.180 e. The van der Waals surface area contributed by atoms with Crippen molar-refractivity contribution in [3.8, 4) is 0 Å². The Labute approximate surface area is 120 Å². The van der Waals surface area contributed by atoms with Gasteiger partial charge in [-0.15, -0.1) is 11.3 Å². The number of anilines is 2. The van der Waals surface area contributed by atoms with Crippen molar-refractivity contribution in [1.29, 1.82) is 0 Å². The SMILES string of the molecule is CC1c2ccsc2CCN1c1nc(N)cn2ccnc12. The summed E-state index contributed by atoms with van der Waals surface area (Å²) in [7, 11) is 0. The smallest absolute Gasteiger partial charge is 0.180 e. The van der Waals surface area contributed by atoms with Crippen molar-refractivity contribution >= 4 is 28.6 Å². The Morgan fingerprint density at radius 2 is 2.35 bits per heavy atom. The molecule has 4 heterocycles. The molecular formula is C14H15N5S. The summed E-state index contributed by atoms with van der Waals surface area (Å²) in [6.45, 7) is 3.17. The van der Waals surface area contributed by atoms with Gasteiger partial charge in [0.1, 0.15) is 5.82 Å². The number of nitrogens with two attached hydrogens (primary N) is 1. The number of aromatic nitrogens is 3. The first-order valence-corrected chi connectivity index (χ1v) is 7.54. The van der Waals surface area contributed by atoms with Crippen LogP contribution in [0.25, 0.3) is 5.65 Å². The van der Waals surface area contributed by atoms with Crippen molar-refractivity contribution in [2.24, 2.45) is 0 Å². The van der Waals surface area contributed by atoms with Gasteiger partial charge in [-0.05, 0) is 30.4 Å². The van der Waals surface area contributed by atoms with E-state index in [9.17, 15) is 0 Å². The molecule has 0 spiro atoms. The second kappa shape index (κ2) is 4.21. The summed E-state index contributed by atoms with van der Waals surface area (Å²) in [5.74, 6) is 1.40. The standard InChI is InChI=1S/C14H15N5S/c1-9-10-3-7-20-11(10)2-5-19(9)14-13-16-4-6-18(13)8-12(15)17-14/h3-4,6-9H,2,5,15H2,1H3. The molecule has 6 heteroatoms. The van der Waals surface area contributed by atoms with Gasteiger partial charge in [-0.1, -0.05) is 0 Å². The predicted molar refractivity (Wildman–Crippen MR) is 81.2 cm³/mol. The van der Waals surface area contributed by atoms with Crippen molar-refractivity contribution in [2.75, 3.05) is 17.2 Å². The maximum absolute atomic E-state index is 5.93. The molecule has 0 saturated heterocycles. The summed E-state index contributed by atoms with van der Waals surface area (Å²) < 4.78 is 1.94. The molecule has 2 N–H and O–H groups in total. The fourth-order valence-corrected chi connectivity index (χ4v) is 3.89. The lowest BCUT2D eigenvalue weighted by atomic mass is 10.0. The van der Waals surface area contributed by atoms with E-state index in [1.807, 2.05) is 21.9 Å². The van der Waals surface area contributed by atoms with E-state index in [0.29, 0.717) is 11.9 Å². The van der Waals surface area contributed by atoms with E-state index < -0.39 is 0 Å². The molecule has 0 aliphatic carbocycles. The van der Waals surface area contributed by atoms with Gasteiger partial charge in [0.2, 0.25) is 0 Å². The number of nitrogen functional groups attached to an aromatic ring is 1. The van der Waals surface area contributed by atoms with Crippen LogP contribution in [0.5, 0.6) is 0 Å². The molecule has 0 amide bonds. The highest BCUT2D eigenvalue weighted by Crippen LogP contribution is 2.36. The second-order valence-corrected chi connectivity index (χ2v) is 6.07. The zero-order valence-corrected chi connectivity index (χ0v) is 12.0. The molecule has 20 heavy (non-hydrogen) atoms. The van der Waals surface area contributed by atoms with Crippen molar-refractivity contribution in [3.05, 3.63) is 40.5 Å². The van der Waals surface area contributed by atoms with Crippen LogP contribution in [0.2, 0.25) is 0 Å². The molecular weight excluding hydrogens is 270 g/mol. The van der Waals surface area contributed by atoms with E-state index in [1.54, 1.807) is 12.4 Å². The Hall–Kier alpha value is -2.08. The second-order valence-electron chi connectivity index (χ2n) is 5.07. The predicted octanol–water partition coefficient (Wildman–Crippen LogP) is 2.50. The van der Waals surface area contributed by atoms with Crippen LogP contribution in [0.3, 0.4) is 0 Å². The quantitative estimate of drug-likeness (QED) is 0.746. The third-order valence-electron chi connectivity index (χ3n) is 3.92. The summed E-state index contributed by atoms with van der Waals surface area (Å²) in [4.78, 5) is 12.7. The number of imidazole rings is 1. The van der Waals surface area contributed by atoms with E-state index in [1.165, 1.54) is 10.4 Å². The van der Waals surface area contributed by atoms with E-state index in [2.05, 4.69) is 33.2 Å². The summed E-state index contributed by atoms with van der Waals surface area (Å²) in [5, 5.41) is 2.17. The van der Waals surface area contributed by atoms with Gasteiger partial charge in [0, 0.05) is 23.8 Å². The third-order valence-corrected chi connectivity index (χ3v) is 4.92. The molecule has 3 aromatic heterocycles. The molecule has 0 bridgehead atoms. The molecule has 4 rings (SSSR count). The van der Waals surface area contributed by atoms with Crippen LogP contribution in [0.15, 0.2) is 30.0 Å². The highest BCUT2D eigenvalue weighted by Gasteiger charge is 2.27. The molecule has 3 aromatic rings. The third kappa shape index (κ3) is 1.61. The lowest BCUT2D eigenvalue weighted by molar-refractivity contribution is 0.625. The van der Waals surface area contributed by atoms with Gasteiger partial charge in [-0.3, -0.25) is 0 Å². The summed E-state index contributed by atoms with van der Waals surface area (Å²) in [6.07, 6.45) is 6.54. The van der Waals surface area contributed by atoms with Crippen LogP contribution in [-0.4, -0.2) is 20.9 Å². The number of thiophene rings is 1. The molecule has 1 atom stereocenters. The molecule has 102 valence electrons. The summed E-state index contributed by atoms with van der Waals surface area (Å²) >= 11 is 1.84. The molecule has 0 aromatic carbocycles. The highest BCUT2D eigenvalue weighted by atomic mass is 32.1. The molecule has 1 aliphatic heterocycles. The Balaban J connectivity index is 1.86.